The normalized spacial score (nSPS) is 17.1. The lowest BCUT2D eigenvalue weighted by atomic mass is 10.0. The van der Waals surface area contributed by atoms with Crippen molar-refractivity contribution in [1.29, 1.82) is 0 Å². The number of nitrogens with zero attached hydrogens (tertiary/aromatic N) is 1. The van der Waals surface area contributed by atoms with E-state index in [0.717, 1.165) is 12.1 Å². The smallest absolute Gasteiger partial charge is 0.253 e. The molecule has 1 fully saturated rings. The first-order chi connectivity index (χ1) is 13.5. The van der Waals surface area contributed by atoms with Gasteiger partial charge in [-0.25, -0.2) is 0 Å². The van der Waals surface area contributed by atoms with Gasteiger partial charge in [-0.15, -0.1) is 0 Å². The van der Waals surface area contributed by atoms with Crippen LogP contribution in [0.4, 0.5) is 5.69 Å². The third kappa shape index (κ3) is 4.78. The Hall–Kier alpha value is -2.66. The Morgan fingerprint density at radius 2 is 1.82 bits per heavy atom. The average Bonchev–Trinajstić information content (AvgIpc) is 2.73. The van der Waals surface area contributed by atoms with E-state index in [1.54, 1.807) is 4.90 Å². The van der Waals surface area contributed by atoms with Gasteiger partial charge in [0.2, 0.25) is 0 Å². The quantitative estimate of drug-likeness (QED) is 0.834. The van der Waals surface area contributed by atoms with Gasteiger partial charge >= 0.3 is 0 Å². The summed E-state index contributed by atoms with van der Waals surface area (Å²) in [6.07, 6.45) is 0.729. The van der Waals surface area contributed by atoms with E-state index in [0.29, 0.717) is 24.6 Å². The number of aryl methyl sites for hydroxylation is 1. The van der Waals surface area contributed by atoms with Crippen LogP contribution in [0.1, 0.15) is 48.2 Å². The number of hydrogen-bond acceptors (Lipinski definition) is 3. The summed E-state index contributed by atoms with van der Waals surface area (Å²) in [7, 11) is 0. The SMILES string of the molecule is CCc1ccc(N2CC(CNC(=O)c3ccc(C(C)C)cc3)OCC2=O)cc1. The molecule has 1 aliphatic rings. The molecule has 0 bridgehead atoms. The molecule has 0 aromatic heterocycles. The van der Waals surface area contributed by atoms with Crippen molar-refractivity contribution in [3.63, 3.8) is 0 Å². The van der Waals surface area contributed by atoms with E-state index < -0.39 is 0 Å². The number of benzene rings is 2. The fraction of sp³-hybridized carbons (Fsp3) is 0.391. The highest BCUT2D eigenvalue weighted by atomic mass is 16.5. The second-order valence-corrected chi connectivity index (χ2v) is 7.44. The number of carbonyl (C=O) groups excluding carboxylic acids is 2. The Balaban J connectivity index is 1.58. The monoisotopic (exact) mass is 380 g/mol. The van der Waals surface area contributed by atoms with Crippen molar-refractivity contribution < 1.29 is 14.3 Å². The van der Waals surface area contributed by atoms with Crippen molar-refractivity contribution in [2.24, 2.45) is 0 Å². The number of nitrogens with one attached hydrogen (secondary N) is 1. The van der Waals surface area contributed by atoms with Gasteiger partial charge in [0, 0.05) is 17.8 Å². The molecular weight excluding hydrogens is 352 g/mol. The van der Waals surface area contributed by atoms with Crippen LogP contribution in [0.5, 0.6) is 0 Å². The Labute approximate surface area is 166 Å². The maximum atomic E-state index is 12.4. The molecule has 0 aliphatic carbocycles. The predicted octanol–water partition coefficient (Wildman–Crippen LogP) is 3.53. The van der Waals surface area contributed by atoms with Crippen LogP contribution in [-0.2, 0) is 16.0 Å². The highest BCUT2D eigenvalue weighted by molar-refractivity contribution is 5.95. The zero-order valence-electron chi connectivity index (χ0n) is 16.8. The van der Waals surface area contributed by atoms with Crippen molar-refractivity contribution in [2.45, 2.75) is 39.2 Å². The Kier molecular flexibility index (Phi) is 6.47. The zero-order chi connectivity index (χ0) is 20.1. The van der Waals surface area contributed by atoms with Crippen LogP contribution < -0.4 is 10.2 Å². The average molecular weight is 380 g/mol. The van der Waals surface area contributed by atoms with E-state index in [1.165, 1.54) is 11.1 Å². The highest BCUT2D eigenvalue weighted by Gasteiger charge is 2.27. The molecular formula is C23H28N2O3. The third-order valence-electron chi connectivity index (χ3n) is 5.12. The highest BCUT2D eigenvalue weighted by Crippen LogP contribution is 2.20. The van der Waals surface area contributed by atoms with E-state index in [4.69, 9.17) is 4.74 Å². The molecule has 1 saturated heterocycles. The number of hydrogen-bond donors (Lipinski definition) is 1. The summed E-state index contributed by atoms with van der Waals surface area (Å²) in [5.41, 5.74) is 3.93. The lowest BCUT2D eigenvalue weighted by Gasteiger charge is -2.33. The maximum Gasteiger partial charge on any atom is 0.253 e. The molecule has 1 unspecified atom stereocenters. The zero-order valence-corrected chi connectivity index (χ0v) is 16.8. The summed E-state index contributed by atoms with van der Waals surface area (Å²) in [5.74, 6) is 0.244. The van der Waals surface area contributed by atoms with Gasteiger partial charge in [0.1, 0.15) is 6.61 Å². The van der Waals surface area contributed by atoms with E-state index in [9.17, 15) is 9.59 Å². The molecule has 0 spiro atoms. The number of rotatable bonds is 6. The summed E-state index contributed by atoms with van der Waals surface area (Å²) < 4.78 is 5.62. The van der Waals surface area contributed by atoms with Gasteiger partial charge in [-0.1, -0.05) is 45.0 Å². The minimum absolute atomic E-state index is 0.0269. The molecule has 3 rings (SSSR count). The molecule has 1 aliphatic heterocycles. The fourth-order valence-corrected chi connectivity index (χ4v) is 3.24. The summed E-state index contributed by atoms with van der Waals surface area (Å²) >= 11 is 0. The third-order valence-corrected chi connectivity index (χ3v) is 5.12. The summed E-state index contributed by atoms with van der Waals surface area (Å²) in [5, 5.41) is 2.92. The molecule has 0 radical (unpaired) electrons. The van der Waals surface area contributed by atoms with Crippen molar-refractivity contribution in [3.05, 3.63) is 65.2 Å². The Bertz CT molecular complexity index is 813. The van der Waals surface area contributed by atoms with Crippen LogP contribution in [0.15, 0.2) is 48.5 Å². The second kappa shape index (κ2) is 9.02. The maximum absolute atomic E-state index is 12.4. The van der Waals surface area contributed by atoms with Crippen LogP contribution >= 0.6 is 0 Å². The Morgan fingerprint density at radius 3 is 2.43 bits per heavy atom. The second-order valence-electron chi connectivity index (χ2n) is 7.44. The topological polar surface area (TPSA) is 58.6 Å². The first-order valence-electron chi connectivity index (χ1n) is 9.87. The molecule has 1 N–H and O–H groups in total. The first-order valence-corrected chi connectivity index (χ1v) is 9.87. The molecule has 0 saturated carbocycles. The van der Waals surface area contributed by atoms with Crippen LogP contribution in [-0.4, -0.2) is 37.6 Å². The van der Waals surface area contributed by atoms with Crippen LogP contribution in [0, 0.1) is 0 Å². The molecule has 2 aromatic carbocycles. The van der Waals surface area contributed by atoms with Gasteiger partial charge < -0.3 is 15.0 Å². The number of carbonyl (C=O) groups is 2. The van der Waals surface area contributed by atoms with Gasteiger partial charge in [0.05, 0.1) is 12.6 Å². The molecule has 1 atom stereocenters. The predicted molar refractivity (Wildman–Crippen MR) is 111 cm³/mol. The molecule has 148 valence electrons. The van der Waals surface area contributed by atoms with Crippen LogP contribution in [0.2, 0.25) is 0 Å². The number of anilines is 1. The van der Waals surface area contributed by atoms with E-state index in [2.05, 4.69) is 26.1 Å². The van der Waals surface area contributed by atoms with E-state index in [1.807, 2.05) is 48.5 Å². The van der Waals surface area contributed by atoms with Crippen molar-refractivity contribution >= 4 is 17.5 Å². The van der Waals surface area contributed by atoms with Crippen molar-refractivity contribution in [1.82, 2.24) is 5.32 Å². The summed E-state index contributed by atoms with van der Waals surface area (Å²) in [4.78, 5) is 26.4. The summed E-state index contributed by atoms with van der Waals surface area (Å²) in [6, 6.07) is 15.7. The van der Waals surface area contributed by atoms with Gasteiger partial charge in [-0.3, -0.25) is 9.59 Å². The molecule has 2 aromatic rings. The van der Waals surface area contributed by atoms with Gasteiger partial charge in [0.25, 0.3) is 11.8 Å². The molecule has 28 heavy (non-hydrogen) atoms. The minimum Gasteiger partial charge on any atom is -0.365 e. The van der Waals surface area contributed by atoms with Gasteiger partial charge in [-0.2, -0.15) is 0 Å². The number of amides is 2. The largest absolute Gasteiger partial charge is 0.365 e. The fourth-order valence-electron chi connectivity index (χ4n) is 3.24. The van der Waals surface area contributed by atoms with Gasteiger partial charge in [0.15, 0.2) is 0 Å². The first kappa shape index (κ1) is 20.1. The van der Waals surface area contributed by atoms with E-state index in [-0.39, 0.29) is 24.5 Å². The number of ether oxygens (including phenoxy) is 1. The minimum atomic E-state index is -0.234. The summed E-state index contributed by atoms with van der Waals surface area (Å²) in [6.45, 7) is 7.16. The van der Waals surface area contributed by atoms with E-state index >= 15 is 0 Å². The molecule has 2 amide bonds. The Morgan fingerprint density at radius 1 is 1.14 bits per heavy atom. The molecule has 5 heteroatoms. The van der Waals surface area contributed by atoms with Crippen LogP contribution in [0.25, 0.3) is 0 Å². The van der Waals surface area contributed by atoms with Gasteiger partial charge in [-0.05, 0) is 47.7 Å². The molecule has 5 nitrogen and oxygen atoms in total. The lowest BCUT2D eigenvalue weighted by Crippen LogP contribution is -2.50. The van der Waals surface area contributed by atoms with Crippen molar-refractivity contribution in [2.75, 3.05) is 24.6 Å². The van der Waals surface area contributed by atoms with Crippen molar-refractivity contribution in [3.8, 4) is 0 Å². The standard InChI is InChI=1S/C23H28N2O3/c1-4-17-5-11-20(12-6-17)25-14-21(28-15-22(25)26)13-24-23(27)19-9-7-18(8-10-19)16(2)3/h5-12,16,21H,4,13-15H2,1-3H3,(H,24,27). The molecule has 1 heterocycles. The van der Waals surface area contributed by atoms with Crippen LogP contribution in [0.3, 0.4) is 0 Å². The lowest BCUT2D eigenvalue weighted by molar-refractivity contribution is -0.129. The number of morpholine rings is 1.